The molecule has 1 aromatic heterocycles. The highest BCUT2D eigenvalue weighted by Gasteiger charge is 2.13. The SMILES string of the molecule is COc1ccc2[nH]ccc2c1CCN1CCNCC1. The fourth-order valence-electron chi connectivity index (χ4n) is 2.83. The van der Waals surface area contributed by atoms with Gasteiger partial charge in [-0.2, -0.15) is 0 Å². The van der Waals surface area contributed by atoms with Gasteiger partial charge in [0.1, 0.15) is 5.75 Å². The first kappa shape index (κ1) is 12.5. The summed E-state index contributed by atoms with van der Waals surface area (Å²) in [5, 5.41) is 4.68. The summed E-state index contributed by atoms with van der Waals surface area (Å²) in [4.78, 5) is 5.79. The van der Waals surface area contributed by atoms with Crippen molar-refractivity contribution < 1.29 is 4.74 Å². The van der Waals surface area contributed by atoms with Gasteiger partial charge in [-0.3, -0.25) is 0 Å². The van der Waals surface area contributed by atoms with Crippen LogP contribution in [0.25, 0.3) is 10.9 Å². The van der Waals surface area contributed by atoms with Crippen molar-refractivity contribution in [2.75, 3.05) is 39.8 Å². The molecule has 1 aliphatic heterocycles. The highest BCUT2D eigenvalue weighted by Crippen LogP contribution is 2.28. The number of nitrogens with one attached hydrogen (secondary N) is 2. The molecular formula is C15H21N3O. The highest BCUT2D eigenvalue weighted by molar-refractivity contribution is 5.85. The van der Waals surface area contributed by atoms with E-state index in [4.69, 9.17) is 4.74 Å². The van der Waals surface area contributed by atoms with E-state index in [1.165, 1.54) is 16.5 Å². The molecule has 1 saturated heterocycles. The van der Waals surface area contributed by atoms with Gasteiger partial charge in [-0.15, -0.1) is 0 Å². The number of H-pyrrole nitrogens is 1. The molecule has 2 N–H and O–H groups in total. The van der Waals surface area contributed by atoms with Crippen LogP contribution in [0.5, 0.6) is 5.75 Å². The average Bonchev–Trinajstić information content (AvgIpc) is 2.94. The standard InChI is InChI=1S/C15H21N3O/c1-19-15-3-2-14-12(4-6-17-14)13(15)5-9-18-10-7-16-8-11-18/h2-4,6,16-17H,5,7-11H2,1H3. The van der Waals surface area contributed by atoms with Crippen molar-refractivity contribution >= 4 is 10.9 Å². The Morgan fingerprint density at radius 1 is 1.21 bits per heavy atom. The number of hydrogen-bond acceptors (Lipinski definition) is 3. The van der Waals surface area contributed by atoms with Crippen molar-refractivity contribution in [2.24, 2.45) is 0 Å². The molecule has 3 rings (SSSR count). The zero-order valence-corrected chi connectivity index (χ0v) is 11.4. The minimum absolute atomic E-state index is 1.00. The number of aromatic nitrogens is 1. The number of aromatic amines is 1. The molecule has 0 amide bonds. The first-order valence-electron chi connectivity index (χ1n) is 6.94. The maximum atomic E-state index is 5.52. The smallest absolute Gasteiger partial charge is 0.122 e. The van der Waals surface area contributed by atoms with Gasteiger partial charge in [0.2, 0.25) is 0 Å². The van der Waals surface area contributed by atoms with Crippen LogP contribution < -0.4 is 10.1 Å². The van der Waals surface area contributed by atoms with Gasteiger partial charge in [0.05, 0.1) is 7.11 Å². The highest BCUT2D eigenvalue weighted by atomic mass is 16.5. The van der Waals surface area contributed by atoms with Gasteiger partial charge in [-0.05, 0) is 24.6 Å². The van der Waals surface area contributed by atoms with Gasteiger partial charge >= 0.3 is 0 Å². The lowest BCUT2D eigenvalue weighted by Gasteiger charge is -2.27. The van der Waals surface area contributed by atoms with E-state index in [-0.39, 0.29) is 0 Å². The van der Waals surface area contributed by atoms with Crippen LogP contribution in [-0.2, 0) is 6.42 Å². The Morgan fingerprint density at radius 2 is 2.05 bits per heavy atom. The van der Waals surface area contributed by atoms with Crippen LogP contribution in [0, 0.1) is 0 Å². The van der Waals surface area contributed by atoms with Gasteiger partial charge in [0.25, 0.3) is 0 Å². The maximum absolute atomic E-state index is 5.52. The third-order valence-corrected chi connectivity index (χ3v) is 3.91. The van der Waals surface area contributed by atoms with Gasteiger partial charge < -0.3 is 19.9 Å². The third kappa shape index (κ3) is 2.60. The van der Waals surface area contributed by atoms with E-state index >= 15 is 0 Å². The van der Waals surface area contributed by atoms with Crippen molar-refractivity contribution in [1.82, 2.24) is 15.2 Å². The monoisotopic (exact) mass is 259 g/mol. The zero-order valence-electron chi connectivity index (χ0n) is 11.4. The summed E-state index contributed by atoms with van der Waals surface area (Å²) in [6.07, 6.45) is 3.04. The number of piperazine rings is 1. The average molecular weight is 259 g/mol. The molecule has 0 saturated carbocycles. The molecule has 1 fully saturated rings. The lowest BCUT2D eigenvalue weighted by Crippen LogP contribution is -2.44. The van der Waals surface area contributed by atoms with Crippen LogP contribution >= 0.6 is 0 Å². The Labute approximate surface area is 113 Å². The van der Waals surface area contributed by atoms with E-state index in [2.05, 4.69) is 33.4 Å². The summed E-state index contributed by atoms with van der Waals surface area (Å²) in [7, 11) is 1.75. The second-order valence-electron chi connectivity index (χ2n) is 5.03. The molecule has 0 aliphatic carbocycles. The summed E-state index contributed by atoms with van der Waals surface area (Å²) < 4.78 is 5.52. The van der Waals surface area contributed by atoms with Crippen LogP contribution in [-0.4, -0.2) is 49.7 Å². The van der Waals surface area contributed by atoms with Crippen molar-refractivity contribution in [1.29, 1.82) is 0 Å². The molecule has 1 aliphatic rings. The predicted octanol–water partition coefficient (Wildman–Crippen LogP) is 1.62. The lowest BCUT2D eigenvalue weighted by molar-refractivity contribution is 0.243. The molecule has 102 valence electrons. The normalized spacial score (nSPS) is 16.9. The molecule has 0 atom stereocenters. The Kier molecular flexibility index (Phi) is 3.71. The summed E-state index contributed by atoms with van der Waals surface area (Å²) >= 11 is 0. The van der Waals surface area contributed by atoms with Gasteiger partial charge in [-0.1, -0.05) is 0 Å². The Balaban J connectivity index is 1.79. The molecular weight excluding hydrogens is 238 g/mol. The van der Waals surface area contributed by atoms with Crippen LogP contribution in [0.4, 0.5) is 0 Å². The van der Waals surface area contributed by atoms with Gasteiger partial charge in [-0.25, -0.2) is 0 Å². The van der Waals surface area contributed by atoms with E-state index in [9.17, 15) is 0 Å². The summed E-state index contributed by atoms with van der Waals surface area (Å²) in [6, 6.07) is 6.29. The first-order chi connectivity index (χ1) is 9.38. The Hall–Kier alpha value is -1.52. The third-order valence-electron chi connectivity index (χ3n) is 3.91. The molecule has 0 unspecified atom stereocenters. The predicted molar refractivity (Wildman–Crippen MR) is 77.9 cm³/mol. The lowest BCUT2D eigenvalue weighted by atomic mass is 10.1. The van der Waals surface area contributed by atoms with E-state index in [0.29, 0.717) is 0 Å². The minimum atomic E-state index is 1.00. The molecule has 0 bridgehead atoms. The van der Waals surface area contributed by atoms with E-state index in [0.717, 1.165) is 44.9 Å². The fraction of sp³-hybridized carbons (Fsp3) is 0.467. The van der Waals surface area contributed by atoms with E-state index in [1.54, 1.807) is 7.11 Å². The minimum Gasteiger partial charge on any atom is -0.496 e. The molecule has 1 aromatic carbocycles. The molecule has 0 spiro atoms. The second-order valence-corrected chi connectivity index (χ2v) is 5.03. The van der Waals surface area contributed by atoms with Crippen molar-refractivity contribution in [3.63, 3.8) is 0 Å². The summed E-state index contributed by atoms with van der Waals surface area (Å²) in [5.41, 5.74) is 2.51. The summed E-state index contributed by atoms with van der Waals surface area (Å²) in [5.74, 6) is 1.00. The quantitative estimate of drug-likeness (QED) is 0.876. The number of rotatable bonds is 4. The van der Waals surface area contributed by atoms with Crippen molar-refractivity contribution in [3.05, 3.63) is 30.0 Å². The van der Waals surface area contributed by atoms with Crippen LogP contribution in [0.2, 0.25) is 0 Å². The molecule has 4 heteroatoms. The Bertz CT molecular complexity index is 543. The number of fused-ring (bicyclic) bond motifs is 1. The second kappa shape index (κ2) is 5.63. The van der Waals surface area contributed by atoms with Crippen LogP contribution in [0.3, 0.4) is 0 Å². The molecule has 2 heterocycles. The van der Waals surface area contributed by atoms with Gasteiger partial charge in [0.15, 0.2) is 0 Å². The van der Waals surface area contributed by atoms with Crippen LogP contribution in [0.15, 0.2) is 24.4 Å². The molecule has 4 nitrogen and oxygen atoms in total. The number of hydrogen-bond donors (Lipinski definition) is 2. The van der Waals surface area contributed by atoms with Crippen molar-refractivity contribution in [3.8, 4) is 5.75 Å². The molecule has 2 aromatic rings. The fourth-order valence-corrected chi connectivity index (χ4v) is 2.83. The van der Waals surface area contributed by atoms with Gasteiger partial charge in [0, 0.05) is 55.4 Å². The zero-order chi connectivity index (χ0) is 13.1. The largest absolute Gasteiger partial charge is 0.496 e. The van der Waals surface area contributed by atoms with E-state index in [1.807, 2.05) is 6.20 Å². The topological polar surface area (TPSA) is 40.3 Å². The number of nitrogens with zero attached hydrogens (tertiary/aromatic N) is 1. The van der Waals surface area contributed by atoms with Crippen molar-refractivity contribution in [2.45, 2.75) is 6.42 Å². The number of benzene rings is 1. The van der Waals surface area contributed by atoms with E-state index < -0.39 is 0 Å². The Morgan fingerprint density at radius 3 is 2.84 bits per heavy atom. The van der Waals surface area contributed by atoms with Crippen LogP contribution in [0.1, 0.15) is 5.56 Å². The first-order valence-corrected chi connectivity index (χ1v) is 6.94. The molecule has 0 radical (unpaired) electrons. The number of methoxy groups -OCH3 is 1. The maximum Gasteiger partial charge on any atom is 0.122 e. The molecule has 19 heavy (non-hydrogen) atoms. The number of ether oxygens (including phenoxy) is 1. The summed E-state index contributed by atoms with van der Waals surface area (Å²) in [6.45, 7) is 5.59.